The summed E-state index contributed by atoms with van der Waals surface area (Å²) in [5.41, 5.74) is 11.2. The maximum atomic E-state index is 13.1. The average molecular weight is 514 g/mol. The van der Waals surface area contributed by atoms with E-state index in [1.165, 1.54) is 45.2 Å². The number of fused-ring (bicyclic) bond motifs is 3. The van der Waals surface area contributed by atoms with Gasteiger partial charge in [-0.3, -0.25) is 25.5 Å². The number of carbonyl (C=O) groups is 1. The van der Waals surface area contributed by atoms with Crippen LogP contribution in [0.5, 0.6) is 5.75 Å². The van der Waals surface area contributed by atoms with Crippen LogP contribution in [0.25, 0.3) is 6.08 Å². The summed E-state index contributed by atoms with van der Waals surface area (Å²) in [6.45, 7) is 3.36. The first-order valence-corrected chi connectivity index (χ1v) is 14.5. The second-order valence-corrected chi connectivity index (χ2v) is 12.1. The number of likely N-dealkylation sites (tertiary alicyclic amines) is 1. The third-order valence-corrected chi connectivity index (χ3v) is 9.96. The standard InChI is InChI=1S/C31H39N5O2/c1-38-23-9-12-28-25(16-23)31(30(37)33-28)17-26(31)21-7-10-24-27(34-35-29(24)15-21)11-6-20-5-8-22(32-18-20)19-36-13-3-2-4-14-36/h5-6,8-9,11-12,16,18,21,24,26-27,29,34-35H,2-4,7,10,13-15,17,19H2,1H3,(H,33,37)/b11-6+/t21?,24?,26?,27?,29?,31-/m0/s1. The first kappa shape index (κ1) is 24.3. The summed E-state index contributed by atoms with van der Waals surface area (Å²) in [4.78, 5) is 20.3. The number of carbonyl (C=O) groups excluding carboxylic acids is 1. The Kier molecular flexibility index (Phi) is 6.26. The van der Waals surface area contributed by atoms with Crippen LogP contribution in [0.3, 0.4) is 0 Å². The van der Waals surface area contributed by atoms with Crippen LogP contribution in [-0.4, -0.2) is 48.1 Å². The number of pyridine rings is 1. The molecule has 7 heteroatoms. The van der Waals surface area contributed by atoms with E-state index in [-0.39, 0.29) is 11.3 Å². The van der Waals surface area contributed by atoms with Crippen LogP contribution in [0.2, 0.25) is 0 Å². The number of hydrogen-bond donors (Lipinski definition) is 3. The van der Waals surface area contributed by atoms with Crippen LogP contribution in [0, 0.1) is 17.8 Å². The van der Waals surface area contributed by atoms with Gasteiger partial charge in [0.1, 0.15) is 5.75 Å². The predicted octanol–water partition coefficient (Wildman–Crippen LogP) is 4.26. The number of aromatic nitrogens is 1. The molecule has 1 aromatic heterocycles. The van der Waals surface area contributed by atoms with Crippen LogP contribution in [0.1, 0.15) is 61.8 Å². The molecule has 38 heavy (non-hydrogen) atoms. The van der Waals surface area contributed by atoms with E-state index in [0.717, 1.165) is 47.6 Å². The van der Waals surface area contributed by atoms with Gasteiger partial charge in [0.2, 0.25) is 5.91 Å². The highest BCUT2D eigenvalue weighted by Gasteiger charge is 2.67. The summed E-state index contributed by atoms with van der Waals surface area (Å²) in [5.74, 6) is 2.57. The van der Waals surface area contributed by atoms with E-state index in [2.05, 4.69) is 51.4 Å². The highest BCUT2D eigenvalue weighted by Crippen LogP contribution is 2.65. The van der Waals surface area contributed by atoms with Crippen molar-refractivity contribution in [2.75, 3.05) is 25.5 Å². The summed E-state index contributed by atoms with van der Waals surface area (Å²) in [6.07, 6.45) is 15.0. The van der Waals surface area contributed by atoms with E-state index in [9.17, 15) is 4.79 Å². The van der Waals surface area contributed by atoms with Crippen molar-refractivity contribution in [2.24, 2.45) is 17.8 Å². The van der Waals surface area contributed by atoms with Gasteiger partial charge in [0, 0.05) is 30.5 Å². The number of amides is 1. The topological polar surface area (TPSA) is 78.5 Å². The molecule has 2 saturated heterocycles. The SMILES string of the molecule is COc1ccc2c(c1)[C@]1(CC1C1CCC3C(/C=C/c4ccc(CN5CCCCC5)nc4)NNC3C1)C(=O)N2. The van der Waals surface area contributed by atoms with Gasteiger partial charge in [-0.2, -0.15) is 0 Å². The molecular weight excluding hydrogens is 474 g/mol. The molecule has 0 bridgehead atoms. The lowest BCUT2D eigenvalue weighted by molar-refractivity contribution is -0.118. The number of methoxy groups -OCH3 is 1. The fourth-order valence-corrected chi connectivity index (χ4v) is 7.79. The second kappa shape index (κ2) is 9.78. The predicted molar refractivity (Wildman–Crippen MR) is 148 cm³/mol. The van der Waals surface area contributed by atoms with Crippen molar-refractivity contribution in [3.63, 3.8) is 0 Å². The van der Waals surface area contributed by atoms with Crippen LogP contribution < -0.4 is 20.9 Å². The van der Waals surface area contributed by atoms with E-state index >= 15 is 0 Å². The molecule has 2 aliphatic carbocycles. The van der Waals surface area contributed by atoms with Gasteiger partial charge in [0.15, 0.2) is 0 Å². The van der Waals surface area contributed by atoms with E-state index in [1.807, 2.05) is 18.3 Å². The lowest BCUT2D eigenvalue weighted by atomic mass is 9.73. The van der Waals surface area contributed by atoms with Crippen molar-refractivity contribution in [3.05, 3.63) is 59.4 Å². The number of piperidine rings is 1. The summed E-state index contributed by atoms with van der Waals surface area (Å²) < 4.78 is 5.47. The average Bonchev–Trinajstić information content (AvgIpc) is 3.50. The largest absolute Gasteiger partial charge is 0.497 e. The van der Waals surface area contributed by atoms with Gasteiger partial charge in [0.25, 0.3) is 0 Å². The minimum absolute atomic E-state index is 0.182. The smallest absolute Gasteiger partial charge is 0.235 e. The van der Waals surface area contributed by atoms with Crippen molar-refractivity contribution in [2.45, 2.75) is 69.0 Å². The van der Waals surface area contributed by atoms with Crippen molar-refractivity contribution in [3.8, 4) is 5.75 Å². The van der Waals surface area contributed by atoms with Crippen molar-refractivity contribution < 1.29 is 9.53 Å². The van der Waals surface area contributed by atoms with Gasteiger partial charge < -0.3 is 10.1 Å². The molecule has 0 radical (unpaired) electrons. The van der Waals surface area contributed by atoms with Gasteiger partial charge in [-0.05, 0) is 105 Å². The number of rotatable bonds is 6. The molecule has 3 aliphatic heterocycles. The molecule has 5 aliphatic rings. The molecule has 1 amide bonds. The van der Waals surface area contributed by atoms with Crippen molar-refractivity contribution in [1.82, 2.24) is 20.7 Å². The van der Waals surface area contributed by atoms with Crippen LogP contribution in [-0.2, 0) is 16.8 Å². The van der Waals surface area contributed by atoms with Crippen molar-refractivity contribution in [1.29, 1.82) is 0 Å². The molecule has 2 saturated carbocycles. The number of hydrogen-bond acceptors (Lipinski definition) is 6. The zero-order valence-electron chi connectivity index (χ0n) is 22.3. The van der Waals surface area contributed by atoms with Gasteiger partial charge in [0.05, 0.1) is 18.2 Å². The third kappa shape index (κ3) is 4.25. The quantitative estimate of drug-likeness (QED) is 0.536. The highest BCUT2D eigenvalue weighted by atomic mass is 16.5. The summed E-state index contributed by atoms with van der Waals surface area (Å²) in [7, 11) is 1.69. The molecule has 6 atom stereocenters. The fraction of sp³-hybridized carbons (Fsp3) is 0.548. The molecule has 1 spiro atoms. The number of nitrogens with zero attached hydrogens (tertiary/aromatic N) is 2. The number of ether oxygens (including phenoxy) is 1. The monoisotopic (exact) mass is 513 g/mol. The van der Waals surface area contributed by atoms with Gasteiger partial charge in [-0.1, -0.05) is 24.6 Å². The van der Waals surface area contributed by atoms with Gasteiger partial charge in [-0.25, -0.2) is 0 Å². The minimum Gasteiger partial charge on any atom is -0.497 e. The highest BCUT2D eigenvalue weighted by molar-refractivity contribution is 6.09. The van der Waals surface area contributed by atoms with E-state index in [1.54, 1.807) is 7.11 Å². The van der Waals surface area contributed by atoms with E-state index in [0.29, 0.717) is 29.8 Å². The van der Waals surface area contributed by atoms with E-state index in [4.69, 9.17) is 9.72 Å². The van der Waals surface area contributed by atoms with Gasteiger partial charge in [-0.15, -0.1) is 0 Å². The molecule has 200 valence electrons. The Labute approximate surface area is 225 Å². The molecule has 2 aromatic rings. The lowest BCUT2D eigenvalue weighted by Gasteiger charge is -2.33. The molecule has 1 aromatic carbocycles. The number of benzene rings is 1. The number of anilines is 1. The summed E-state index contributed by atoms with van der Waals surface area (Å²) in [5, 5.41) is 3.14. The minimum atomic E-state index is -0.347. The first-order valence-electron chi connectivity index (χ1n) is 14.5. The molecule has 4 fully saturated rings. The Bertz CT molecular complexity index is 1220. The molecule has 4 heterocycles. The molecule has 5 unspecified atom stereocenters. The Morgan fingerprint density at radius 2 is 2.03 bits per heavy atom. The Morgan fingerprint density at radius 1 is 1.13 bits per heavy atom. The van der Waals surface area contributed by atoms with Crippen LogP contribution >= 0.6 is 0 Å². The second-order valence-electron chi connectivity index (χ2n) is 12.1. The Morgan fingerprint density at radius 3 is 2.84 bits per heavy atom. The lowest BCUT2D eigenvalue weighted by Crippen LogP contribution is -2.37. The zero-order chi connectivity index (χ0) is 25.7. The zero-order valence-corrected chi connectivity index (χ0v) is 22.3. The number of hydrazine groups is 1. The summed E-state index contributed by atoms with van der Waals surface area (Å²) in [6, 6.07) is 11.1. The van der Waals surface area contributed by atoms with Gasteiger partial charge >= 0.3 is 0 Å². The number of nitrogens with one attached hydrogen (secondary N) is 3. The van der Waals surface area contributed by atoms with E-state index < -0.39 is 0 Å². The molecule has 7 rings (SSSR count). The fourth-order valence-electron chi connectivity index (χ4n) is 7.79. The van der Waals surface area contributed by atoms with Crippen LogP contribution in [0.4, 0.5) is 5.69 Å². The van der Waals surface area contributed by atoms with Crippen LogP contribution in [0.15, 0.2) is 42.6 Å². The molecular formula is C31H39N5O2. The maximum absolute atomic E-state index is 13.1. The normalized spacial score (nSPS) is 34.3. The summed E-state index contributed by atoms with van der Waals surface area (Å²) >= 11 is 0. The maximum Gasteiger partial charge on any atom is 0.235 e. The first-order chi connectivity index (χ1) is 18.6. The molecule has 3 N–H and O–H groups in total. The third-order valence-electron chi connectivity index (χ3n) is 9.96. The Hall–Kier alpha value is -2.74. The van der Waals surface area contributed by atoms with Crippen molar-refractivity contribution >= 4 is 17.7 Å². The Balaban J connectivity index is 0.965. The molecule has 7 nitrogen and oxygen atoms in total.